The summed E-state index contributed by atoms with van der Waals surface area (Å²) < 4.78 is 203. The minimum absolute atomic E-state index is 0.178. The van der Waals surface area contributed by atoms with E-state index in [1.807, 2.05) is 129 Å². The molecular formula is C85H86Br3F15O5. The fraction of sp³-hybridized carbons (Fsp3) is 0.224. The summed E-state index contributed by atoms with van der Waals surface area (Å²) >= 11 is 10.1. The minimum atomic E-state index is -4.60. The highest BCUT2D eigenvalue weighted by atomic mass is 79.9. The zero-order chi connectivity index (χ0) is 81.8. The van der Waals surface area contributed by atoms with Gasteiger partial charge in [0.25, 0.3) is 0 Å². The third-order valence-electron chi connectivity index (χ3n) is 13.5. The van der Waals surface area contributed by atoms with Gasteiger partial charge in [0.05, 0.1) is 38.0 Å². The Kier molecular flexibility index (Phi) is 44.6. The van der Waals surface area contributed by atoms with Crippen LogP contribution in [-0.4, -0.2) is 34.1 Å². The first kappa shape index (κ1) is 96.8. The second kappa shape index (κ2) is 49.7. The van der Waals surface area contributed by atoms with Gasteiger partial charge in [-0.25, -0.2) is 0 Å². The number of halogens is 18. The number of aryl methyl sites for hydroxylation is 11. The quantitative estimate of drug-likeness (QED) is 0.161. The van der Waals surface area contributed by atoms with Crippen molar-refractivity contribution in [2.24, 2.45) is 0 Å². The lowest BCUT2D eigenvalue weighted by Crippen LogP contribution is -2.17. The molecule has 0 aliphatic rings. The van der Waals surface area contributed by atoms with Crippen molar-refractivity contribution in [3.05, 3.63) is 358 Å². The number of rotatable bonds is 5. The first-order valence-corrected chi connectivity index (χ1v) is 34.7. The van der Waals surface area contributed by atoms with Crippen LogP contribution < -0.4 is 23.7 Å². The normalized spacial score (nSPS) is 10.4. The van der Waals surface area contributed by atoms with Crippen LogP contribution in [0.1, 0.15) is 77.9 Å². The van der Waals surface area contributed by atoms with Crippen LogP contribution in [0.25, 0.3) is 0 Å². The summed E-state index contributed by atoms with van der Waals surface area (Å²) in [5, 5.41) is 0. The molecule has 0 aliphatic carbocycles. The van der Waals surface area contributed by atoms with Gasteiger partial charge in [-0.05, 0) is 213 Å². The monoisotopic (exact) mass is 1710 g/mol. The van der Waals surface area contributed by atoms with Crippen molar-refractivity contribution in [3.63, 3.8) is 0 Å². The Morgan fingerprint density at radius 1 is 0.241 bits per heavy atom. The molecule has 0 aliphatic heterocycles. The zero-order valence-corrected chi connectivity index (χ0v) is 66.5. The number of hydrogen-bond donors (Lipinski definition) is 0. The van der Waals surface area contributed by atoms with Gasteiger partial charge in [0.1, 0.15) is 28.7 Å². The minimum Gasteiger partial charge on any atom is -0.497 e. The third-order valence-corrected chi connectivity index (χ3v) is 15.4. The van der Waals surface area contributed by atoms with Gasteiger partial charge in [0, 0.05) is 13.4 Å². The summed E-state index contributed by atoms with van der Waals surface area (Å²) in [7, 11) is 5.03. The molecule has 11 aromatic carbocycles. The van der Waals surface area contributed by atoms with Crippen LogP contribution in [0.4, 0.5) is 65.9 Å². The first-order valence-electron chi connectivity index (χ1n) is 32.4. The van der Waals surface area contributed by atoms with Crippen LogP contribution in [0.2, 0.25) is 0 Å². The highest BCUT2D eigenvalue weighted by molar-refractivity contribution is 9.11. The highest BCUT2D eigenvalue weighted by Crippen LogP contribution is 2.33. The van der Waals surface area contributed by atoms with Crippen LogP contribution in [0, 0.1) is 76.2 Å². The topological polar surface area (TPSA) is 46.2 Å². The van der Waals surface area contributed by atoms with E-state index < -0.39 is 47.9 Å². The van der Waals surface area contributed by atoms with E-state index in [1.165, 1.54) is 105 Å². The summed E-state index contributed by atoms with van der Waals surface area (Å²) in [6, 6.07) is 75.7. The molecule has 11 rings (SSSR count). The molecule has 23 heteroatoms. The molecule has 0 atom stereocenters. The van der Waals surface area contributed by atoms with Gasteiger partial charge in [-0.3, -0.25) is 0 Å². The number of alkyl halides is 15. The molecule has 0 bridgehead atoms. The number of para-hydroxylation sites is 1. The molecule has 0 saturated carbocycles. The molecule has 0 unspecified atom stereocenters. The molecule has 0 radical (unpaired) electrons. The Bertz CT molecular complexity index is 4200. The molecule has 0 fully saturated rings. The fourth-order valence-electron chi connectivity index (χ4n) is 7.90. The number of hydrogen-bond acceptors (Lipinski definition) is 5. The lowest BCUT2D eigenvalue weighted by Gasteiger charge is -2.08. The van der Waals surface area contributed by atoms with E-state index in [0.717, 1.165) is 73.2 Å². The van der Waals surface area contributed by atoms with Gasteiger partial charge < -0.3 is 23.7 Å². The molecule has 5 nitrogen and oxygen atoms in total. The van der Waals surface area contributed by atoms with E-state index in [1.54, 1.807) is 79.4 Å². The van der Waals surface area contributed by atoms with Gasteiger partial charge in [-0.2, -0.15) is 39.5 Å². The van der Waals surface area contributed by atoms with Crippen LogP contribution in [0.5, 0.6) is 28.7 Å². The molecule has 0 amide bonds. The Morgan fingerprint density at radius 3 is 0.917 bits per heavy atom. The molecule has 0 saturated heterocycles. The van der Waals surface area contributed by atoms with Crippen molar-refractivity contribution in [3.8, 4) is 28.7 Å². The zero-order valence-electron chi connectivity index (χ0n) is 61.7. The van der Waals surface area contributed by atoms with Gasteiger partial charge in [-0.1, -0.05) is 239 Å². The third kappa shape index (κ3) is 46.8. The van der Waals surface area contributed by atoms with Crippen LogP contribution in [0.15, 0.2) is 280 Å². The fourth-order valence-corrected chi connectivity index (χ4v) is 8.96. The van der Waals surface area contributed by atoms with E-state index in [9.17, 15) is 65.9 Å². The van der Waals surface area contributed by atoms with Crippen LogP contribution in [-0.2, 0) is 18.5 Å². The summed E-state index contributed by atoms with van der Waals surface area (Å²) in [6.45, 7) is 20.7. The average molecular weight is 1710 g/mol. The Balaban J connectivity index is 0.000000596. The Morgan fingerprint density at radius 2 is 0.602 bits per heavy atom. The predicted molar refractivity (Wildman–Crippen MR) is 414 cm³/mol. The van der Waals surface area contributed by atoms with Crippen molar-refractivity contribution >= 4 is 47.8 Å². The van der Waals surface area contributed by atoms with Crippen molar-refractivity contribution in [1.82, 2.24) is 0 Å². The summed E-state index contributed by atoms with van der Waals surface area (Å²) in [5.74, 6) is 2.43. The number of methoxy groups -OCH3 is 3. The van der Waals surface area contributed by atoms with Gasteiger partial charge >= 0.3 is 31.3 Å². The van der Waals surface area contributed by atoms with Gasteiger partial charge in [-0.15, -0.1) is 26.3 Å². The van der Waals surface area contributed by atoms with Crippen molar-refractivity contribution in [2.75, 3.05) is 21.3 Å². The standard InChI is InChI=1S/2C8H7F3O.3C8H7F3.3C8H10O.3C7H7Br/c1-6-2-4-7(5-3-6)12-8(9,10)11;1-6-3-2-4-7(5-6)12-8(9,10)11;1-6-2-4-7(5-3-6)8(9,10)11;1-6-3-2-4-7(5-6)8(9,10)11;1-6-4-2-3-5-7(6)8(9,10)11;1-7-3-5-8(9-2)6-4-7;1-7-4-3-5-8(6-7)9-2;1-7-5-3-4-6-8(7)9-2;1-6-2-4-7(8)5-3-6;1-6-3-2-4-7(8)5-6;1-6-4-2-3-5-7(6)8/h2*2-5H,1H3;3*2-5H,1H3;3*3-6H,1-2H3;3*2-5H,1H3. The second-order valence-electron chi connectivity index (χ2n) is 23.1. The van der Waals surface area contributed by atoms with E-state index >= 15 is 0 Å². The van der Waals surface area contributed by atoms with Gasteiger partial charge in [0.2, 0.25) is 0 Å². The maximum absolute atomic E-state index is 12.0. The van der Waals surface area contributed by atoms with Crippen molar-refractivity contribution in [2.45, 2.75) is 107 Å². The Labute approximate surface area is 649 Å². The molecular weight excluding hydrogens is 1630 g/mol. The smallest absolute Gasteiger partial charge is 0.497 e. The lowest BCUT2D eigenvalue weighted by molar-refractivity contribution is -0.275. The summed E-state index contributed by atoms with van der Waals surface area (Å²) in [5.41, 5.74) is 9.16. The van der Waals surface area contributed by atoms with E-state index in [4.69, 9.17) is 14.2 Å². The average Bonchev–Trinajstić information content (AvgIpc) is 0.864. The van der Waals surface area contributed by atoms with Crippen molar-refractivity contribution < 1.29 is 89.5 Å². The Hall–Kier alpha value is -9.19. The van der Waals surface area contributed by atoms with Crippen LogP contribution >= 0.6 is 47.8 Å². The molecule has 0 N–H and O–H groups in total. The highest BCUT2D eigenvalue weighted by Gasteiger charge is 2.33. The molecule has 11 aromatic rings. The lowest BCUT2D eigenvalue weighted by atomic mass is 10.1. The van der Waals surface area contributed by atoms with E-state index in [0.29, 0.717) is 5.56 Å². The number of ether oxygens (including phenoxy) is 5. The van der Waals surface area contributed by atoms with E-state index in [-0.39, 0.29) is 17.1 Å². The SMILES string of the molecule is COc1ccc(C)cc1.COc1cccc(C)c1.COc1ccccc1C.Cc1ccc(Br)cc1.Cc1ccc(C(F)(F)F)cc1.Cc1ccc(OC(F)(F)F)cc1.Cc1cccc(Br)c1.Cc1cccc(C(F)(F)F)c1.Cc1cccc(OC(F)(F)F)c1.Cc1ccccc1Br.Cc1ccccc1C(F)(F)F. The van der Waals surface area contributed by atoms with E-state index in [2.05, 4.69) is 115 Å². The molecule has 0 spiro atoms. The maximum atomic E-state index is 12.0. The van der Waals surface area contributed by atoms with Crippen LogP contribution in [0.3, 0.4) is 0 Å². The molecule has 582 valence electrons. The second-order valence-corrected chi connectivity index (χ2v) is 25.8. The summed E-state index contributed by atoms with van der Waals surface area (Å²) in [6.07, 6.45) is -21.9. The van der Waals surface area contributed by atoms with Gasteiger partial charge in [0.15, 0.2) is 0 Å². The molecule has 0 aromatic heterocycles. The van der Waals surface area contributed by atoms with Crippen molar-refractivity contribution in [1.29, 1.82) is 0 Å². The largest absolute Gasteiger partial charge is 0.573 e. The first-order chi connectivity index (χ1) is 50.3. The molecule has 0 heterocycles. The molecule has 108 heavy (non-hydrogen) atoms. The number of benzene rings is 11. The maximum Gasteiger partial charge on any atom is 0.573 e. The predicted octanol–water partition coefficient (Wildman–Crippen LogP) is 29.1. The summed E-state index contributed by atoms with van der Waals surface area (Å²) in [4.78, 5) is 0.